The maximum atomic E-state index is 12.8. The number of rotatable bonds is 15. The van der Waals surface area contributed by atoms with E-state index in [1.807, 2.05) is 92.7 Å². The van der Waals surface area contributed by atoms with E-state index in [9.17, 15) is 43.5 Å². The summed E-state index contributed by atoms with van der Waals surface area (Å²) in [5, 5.41) is 26.7. The van der Waals surface area contributed by atoms with Crippen molar-refractivity contribution in [3.05, 3.63) is 264 Å². The zero-order valence-corrected chi connectivity index (χ0v) is 51.4. The highest BCUT2D eigenvalue weighted by Gasteiger charge is 2.37. The number of carbonyl (C=O) groups is 8. The first-order chi connectivity index (χ1) is 43.2. The molecule has 0 atom stereocenters. The summed E-state index contributed by atoms with van der Waals surface area (Å²) in [4.78, 5) is 101. The standard InChI is InChI=1S/C23H16ClNO5S.C23H17NO5S.C22H15NO4S2/c1-13-2-4-14(5-3-13)12-25-21(26)20(31-23(25)29)11-16-7-9-19(30-16)15-6-8-18(24)17(10-15)22(27)28;1-14-2-4-15(5-3-14)13-24-21(25)20(30-23(24)28)12-18-10-11-19(29-18)16-6-8-17(9-7-16)22(26)27;24-20-19(29-22(28)23(20)13-14-4-2-1-3-5-14)12-17-10-11-18(27-17)15-6-8-16(9-7-15)21(25)26/h2-11H,12H2,1H3,(H,27,28);2-12H,13H2,1H3,(H,26,27);1-12H,13H2,(H,25,26)/b20-11-;20-12-;19-12-. The average molecular weight is 1290 g/mol. The van der Waals surface area contributed by atoms with Crippen molar-refractivity contribution in [2.75, 3.05) is 0 Å². The number of thiocarbonyl (C=S) groups is 1. The Kier molecular flexibility index (Phi) is 19.6. The first-order valence-electron chi connectivity index (χ1n) is 27.1. The number of aryl methyl sites for hydroxylation is 2. The van der Waals surface area contributed by atoms with Gasteiger partial charge in [0.15, 0.2) is 0 Å². The fourth-order valence-electron chi connectivity index (χ4n) is 8.97. The second kappa shape index (κ2) is 28.0. The van der Waals surface area contributed by atoms with Gasteiger partial charge >= 0.3 is 17.9 Å². The summed E-state index contributed by atoms with van der Waals surface area (Å²) in [6, 6.07) is 52.6. The Morgan fingerprint density at radius 3 is 1.22 bits per heavy atom. The van der Waals surface area contributed by atoms with Gasteiger partial charge in [0.1, 0.15) is 38.9 Å². The second-order valence-electron chi connectivity index (χ2n) is 20.1. The molecule has 3 aliphatic rings. The highest BCUT2D eigenvalue weighted by molar-refractivity contribution is 8.26. The van der Waals surface area contributed by atoms with E-state index in [1.165, 1.54) is 64.0 Å². The van der Waals surface area contributed by atoms with Crippen molar-refractivity contribution >= 4 is 128 Å². The van der Waals surface area contributed by atoms with Gasteiger partial charge in [0.05, 0.1) is 56.1 Å². The maximum Gasteiger partial charge on any atom is 0.337 e. The van der Waals surface area contributed by atoms with Gasteiger partial charge in [-0.05, 0) is 133 Å². The molecule has 6 heterocycles. The first-order valence-corrected chi connectivity index (χ1v) is 30.4. The minimum Gasteiger partial charge on any atom is -0.478 e. The van der Waals surface area contributed by atoms with Crippen LogP contribution in [0, 0.1) is 13.8 Å². The number of aromatic carboxylic acids is 3. The van der Waals surface area contributed by atoms with Crippen LogP contribution in [0.15, 0.2) is 210 Å². The normalized spacial score (nSPS) is 15.2. The van der Waals surface area contributed by atoms with Crippen molar-refractivity contribution < 1.29 is 66.9 Å². The molecule has 0 radical (unpaired) electrons. The summed E-state index contributed by atoms with van der Waals surface area (Å²) in [6.07, 6.45) is 4.74. The Bertz CT molecular complexity index is 4400. The largest absolute Gasteiger partial charge is 0.478 e. The number of imide groups is 2. The third-order valence-corrected chi connectivity index (χ3v) is 17.3. The molecule has 450 valence electrons. The van der Waals surface area contributed by atoms with Crippen molar-refractivity contribution in [3.63, 3.8) is 0 Å². The van der Waals surface area contributed by atoms with Gasteiger partial charge in [0, 0.05) is 34.9 Å². The minimum absolute atomic E-state index is 0.0330. The number of thioether (sulfide) groups is 3. The summed E-state index contributed by atoms with van der Waals surface area (Å²) < 4.78 is 17.8. The van der Waals surface area contributed by atoms with Crippen molar-refractivity contribution in [2.24, 2.45) is 0 Å². The molecule has 17 nitrogen and oxygen atoms in total. The van der Waals surface area contributed by atoms with Crippen LogP contribution in [0.1, 0.15) is 76.2 Å². The molecular formula is C68H48ClN3O14S4. The molecule has 0 unspecified atom stereocenters. The number of amides is 5. The summed E-state index contributed by atoms with van der Waals surface area (Å²) >= 11 is 14.3. The van der Waals surface area contributed by atoms with Crippen molar-refractivity contribution in [3.8, 4) is 34.0 Å². The van der Waals surface area contributed by atoms with Gasteiger partial charge in [-0.25, -0.2) is 14.4 Å². The summed E-state index contributed by atoms with van der Waals surface area (Å²) in [7, 11) is 0. The zero-order chi connectivity index (χ0) is 63.8. The van der Waals surface area contributed by atoms with E-state index < -0.39 is 17.9 Å². The predicted molar refractivity (Wildman–Crippen MR) is 349 cm³/mol. The van der Waals surface area contributed by atoms with E-state index in [2.05, 4.69) is 0 Å². The van der Waals surface area contributed by atoms with Gasteiger partial charge in [0.25, 0.3) is 28.2 Å². The van der Waals surface area contributed by atoms with Gasteiger partial charge in [-0.15, -0.1) is 0 Å². The third-order valence-electron chi connectivity index (χ3n) is 13.7. The SMILES string of the molecule is Cc1ccc(CN2C(=O)S/C(=C\c3ccc(-c4ccc(C(=O)O)cc4)o3)C2=O)cc1.Cc1ccc(CN2C(=O)S/C(=C\c3ccc(-c4ccc(Cl)c(C(=O)O)c4)o3)C2=O)cc1.O=C(O)c1ccc(-c2ccc(/C=C3\SC(=S)N(Cc4ccccc4)C3=O)o2)cc1. The molecule has 90 heavy (non-hydrogen) atoms. The molecule has 5 amide bonds. The van der Waals surface area contributed by atoms with Gasteiger partial charge in [-0.3, -0.25) is 38.7 Å². The molecule has 3 N–H and O–H groups in total. The quantitative estimate of drug-likeness (QED) is 0.0638. The van der Waals surface area contributed by atoms with E-state index in [4.69, 9.17) is 47.3 Å². The number of carboxylic acid groups (broad SMARTS) is 3. The molecule has 12 rings (SSSR count). The monoisotopic (exact) mass is 1290 g/mol. The van der Waals surface area contributed by atoms with Crippen LogP contribution in [0.3, 0.4) is 0 Å². The van der Waals surface area contributed by atoms with Crippen LogP contribution in [0.2, 0.25) is 5.02 Å². The van der Waals surface area contributed by atoms with E-state index in [1.54, 1.807) is 83.8 Å². The average Bonchev–Trinajstić information content (AvgIpc) is 1.78. The second-order valence-corrected chi connectivity index (χ2v) is 24.2. The minimum atomic E-state index is -1.14. The van der Waals surface area contributed by atoms with Gasteiger partial charge in [0.2, 0.25) is 0 Å². The molecule has 0 spiro atoms. The van der Waals surface area contributed by atoms with Crippen LogP contribution >= 0.6 is 59.1 Å². The summed E-state index contributed by atoms with van der Waals surface area (Å²) in [6.45, 7) is 4.81. The molecule has 22 heteroatoms. The van der Waals surface area contributed by atoms with Crippen LogP contribution in [0.25, 0.3) is 52.2 Å². The summed E-state index contributed by atoms with van der Waals surface area (Å²) in [5.74, 6) is -1.10. The third kappa shape index (κ3) is 15.3. The van der Waals surface area contributed by atoms with Crippen LogP contribution in [0.4, 0.5) is 9.59 Å². The van der Waals surface area contributed by atoms with Crippen LogP contribution in [0.5, 0.6) is 0 Å². The topological polar surface area (TPSA) is 246 Å². The van der Waals surface area contributed by atoms with Crippen molar-refractivity contribution in [1.82, 2.24) is 14.7 Å². The van der Waals surface area contributed by atoms with E-state index >= 15 is 0 Å². The highest BCUT2D eigenvalue weighted by atomic mass is 35.5. The zero-order valence-electron chi connectivity index (χ0n) is 47.4. The number of furan rings is 3. The van der Waals surface area contributed by atoms with Crippen LogP contribution in [-0.2, 0) is 34.0 Å². The number of carbonyl (C=O) groups excluding carboxylic acids is 5. The first kappa shape index (κ1) is 63.0. The van der Waals surface area contributed by atoms with Gasteiger partial charge in [-0.2, -0.15) is 0 Å². The molecule has 3 aromatic heterocycles. The lowest BCUT2D eigenvalue weighted by molar-refractivity contribution is -0.124. The lowest BCUT2D eigenvalue weighted by atomic mass is 10.1. The fourth-order valence-corrected chi connectivity index (χ4v) is 12.0. The Morgan fingerprint density at radius 1 is 0.444 bits per heavy atom. The van der Waals surface area contributed by atoms with Crippen LogP contribution < -0.4 is 0 Å². The Morgan fingerprint density at radius 2 is 0.811 bits per heavy atom. The predicted octanol–water partition coefficient (Wildman–Crippen LogP) is 16.1. The molecule has 3 saturated heterocycles. The van der Waals surface area contributed by atoms with Gasteiger partial charge < -0.3 is 28.6 Å². The number of hydrogen-bond donors (Lipinski definition) is 3. The molecule has 9 aromatic rings. The molecule has 6 aromatic carbocycles. The molecule has 0 bridgehead atoms. The Labute approximate surface area is 536 Å². The van der Waals surface area contributed by atoms with Gasteiger partial charge in [-0.1, -0.05) is 150 Å². The molecule has 0 aliphatic carbocycles. The number of carboxylic acids is 3. The molecule has 3 fully saturated rings. The lowest BCUT2D eigenvalue weighted by Gasteiger charge is -2.14. The van der Waals surface area contributed by atoms with E-state index in [0.29, 0.717) is 66.4 Å². The van der Waals surface area contributed by atoms with E-state index in [0.717, 1.165) is 56.9 Å². The molecule has 0 saturated carbocycles. The molecule has 3 aliphatic heterocycles. The Hall–Kier alpha value is -10.0. The van der Waals surface area contributed by atoms with Crippen LogP contribution in [-0.4, -0.2) is 80.4 Å². The Balaban J connectivity index is 0.000000149. The molecular weight excluding hydrogens is 1250 g/mol. The maximum absolute atomic E-state index is 12.8. The highest BCUT2D eigenvalue weighted by Crippen LogP contribution is 2.38. The fraction of sp³-hybridized carbons (Fsp3) is 0.0735. The van der Waals surface area contributed by atoms with E-state index in [-0.39, 0.29) is 67.9 Å². The number of halogens is 1. The number of nitrogens with zero attached hydrogens (tertiary/aromatic N) is 3. The van der Waals surface area contributed by atoms with Crippen molar-refractivity contribution in [1.29, 1.82) is 0 Å². The number of benzene rings is 6. The summed E-state index contributed by atoms with van der Waals surface area (Å²) in [5.41, 5.74) is 7.34. The smallest absolute Gasteiger partial charge is 0.337 e. The van der Waals surface area contributed by atoms with Crippen molar-refractivity contribution in [2.45, 2.75) is 33.5 Å². The lowest BCUT2D eigenvalue weighted by Crippen LogP contribution is -2.27. The number of hydrogen-bond acceptors (Lipinski definition) is 15.